The Bertz CT molecular complexity index is 725. The Balaban J connectivity index is 2.12. The van der Waals surface area contributed by atoms with Crippen molar-refractivity contribution in [1.82, 2.24) is 14.7 Å². The highest BCUT2D eigenvalue weighted by Crippen LogP contribution is 2.15. The van der Waals surface area contributed by atoms with E-state index in [0.29, 0.717) is 24.6 Å². The van der Waals surface area contributed by atoms with E-state index in [0.717, 1.165) is 10.2 Å². The number of carbonyl (C=O) groups excluding carboxylic acids is 2. The molecule has 2 rings (SSSR count). The van der Waals surface area contributed by atoms with Crippen LogP contribution in [-0.2, 0) is 9.53 Å². The van der Waals surface area contributed by atoms with Crippen LogP contribution in [-0.4, -0.2) is 46.8 Å². The maximum Gasteiger partial charge on any atom is 0.307 e. The number of amides is 1. The molecule has 1 amide bonds. The van der Waals surface area contributed by atoms with Crippen molar-refractivity contribution in [1.29, 1.82) is 0 Å². The van der Waals surface area contributed by atoms with Gasteiger partial charge in [0.15, 0.2) is 0 Å². The molecule has 0 fully saturated rings. The van der Waals surface area contributed by atoms with E-state index in [1.54, 1.807) is 27.9 Å². The smallest absolute Gasteiger partial charge is 0.307 e. The van der Waals surface area contributed by atoms with Crippen molar-refractivity contribution in [2.75, 3.05) is 20.2 Å². The molecule has 0 N–H and O–H groups in total. The number of carbonyl (C=O) groups is 2. The lowest BCUT2D eigenvalue weighted by atomic mass is 10.1. The zero-order valence-corrected chi connectivity index (χ0v) is 16.2. The molecule has 0 saturated carbocycles. The van der Waals surface area contributed by atoms with Crippen LogP contribution >= 0.6 is 15.9 Å². The molecular formula is C18H22BrN3O3. The number of hydrogen-bond acceptors (Lipinski definition) is 4. The van der Waals surface area contributed by atoms with Gasteiger partial charge in [-0.25, -0.2) is 4.68 Å². The minimum Gasteiger partial charge on any atom is -0.469 e. The number of benzene rings is 1. The first-order chi connectivity index (χ1) is 11.9. The molecule has 0 spiro atoms. The molecule has 1 aromatic heterocycles. The predicted octanol–water partition coefficient (Wildman–Crippen LogP) is 3.30. The molecule has 0 saturated heterocycles. The van der Waals surface area contributed by atoms with Gasteiger partial charge < -0.3 is 9.64 Å². The SMILES string of the molecule is COC(=O)CCN(CC(C)C)C(=O)c1ccc(-n2cc(Br)cn2)cc1. The summed E-state index contributed by atoms with van der Waals surface area (Å²) in [5.41, 5.74) is 1.45. The van der Waals surface area contributed by atoms with Gasteiger partial charge in [-0.05, 0) is 46.1 Å². The number of methoxy groups -OCH3 is 1. The first-order valence-corrected chi connectivity index (χ1v) is 8.86. The number of aromatic nitrogens is 2. The van der Waals surface area contributed by atoms with E-state index in [-0.39, 0.29) is 18.3 Å². The summed E-state index contributed by atoms with van der Waals surface area (Å²) in [4.78, 5) is 25.9. The molecule has 0 aliphatic rings. The molecule has 0 aliphatic carbocycles. The maximum atomic E-state index is 12.8. The largest absolute Gasteiger partial charge is 0.469 e. The predicted molar refractivity (Wildman–Crippen MR) is 98.6 cm³/mol. The fourth-order valence-electron chi connectivity index (χ4n) is 2.43. The van der Waals surface area contributed by atoms with E-state index >= 15 is 0 Å². The third kappa shape index (κ3) is 5.42. The van der Waals surface area contributed by atoms with Gasteiger partial charge in [-0.3, -0.25) is 9.59 Å². The van der Waals surface area contributed by atoms with Crippen molar-refractivity contribution >= 4 is 27.8 Å². The van der Waals surface area contributed by atoms with Crippen LogP contribution in [0.15, 0.2) is 41.1 Å². The van der Waals surface area contributed by atoms with E-state index < -0.39 is 0 Å². The first kappa shape index (κ1) is 19.2. The van der Waals surface area contributed by atoms with E-state index in [1.807, 2.05) is 32.2 Å². The second-order valence-corrected chi connectivity index (χ2v) is 7.04. The summed E-state index contributed by atoms with van der Waals surface area (Å²) in [6.07, 6.45) is 3.74. The van der Waals surface area contributed by atoms with Crippen LogP contribution in [0.3, 0.4) is 0 Å². The maximum absolute atomic E-state index is 12.8. The molecule has 7 heteroatoms. The van der Waals surface area contributed by atoms with Crippen LogP contribution in [0.1, 0.15) is 30.6 Å². The highest BCUT2D eigenvalue weighted by molar-refractivity contribution is 9.10. The molecule has 0 aliphatic heterocycles. The van der Waals surface area contributed by atoms with Crippen LogP contribution in [0.4, 0.5) is 0 Å². The summed E-state index contributed by atoms with van der Waals surface area (Å²) in [6.45, 7) is 5.01. The van der Waals surface area contributed by atoms with Gasteiger partial charge in [0.25, 0.3) is 5.91 Å². The van der Waals surface area contributed by atoms with Gasteiger partial charge in [0.05, 0.1) is 29.9 Å². The van der Waals surface area contributed by atoms with Gasteiger partial charge in [-0.2, -0.15) is 5.10 Å². The Morgan fingerprint density at radius 2 is 1.96 bits per heavy atom. The Hall–Kier alpha value is -2.15. The second kappa shape index (κ2) is 8.80. The van der Waals surface area contributed by atoms with Crippen molar-refractivity contribution in [3.05, 3.63) is 46.7 Å². The topological polar surface area (TPSA) is 64.4 Å². The number of rotatable bonds is 7. The van der Waals surface area contributed by atoms with Gasteiger partial charge >= 0.3 is 5.97 Å². The van der Waals surface area contributed by atoms with E-state index in [4.69, 9.17) is 0 Å². The quantitative estimate of drug-likeness (QED) is 0.660. The summed E-state index contributed by atoms with van der Waals surface area (Å²) in [6, 6.07) is 7.25. The summed E-state index contributed by atoms with van der Waals surface area (Å²) >= 11 is 3.36. The molecule has 2 aromatic rings. The lowest BCUT2D eigenvalue weighted by Gasteiger charge is -2.24. The standard InChI is InChI=1S/C18H22BrN3O3/c1-13(2)11-21(9-8-17(23)25-3)18(24)14-4-6-16(7-5-14)22-12-15(19)10-20-22/h4-7,10,12-13H,8-9,11H2,1-3H3. The number of halogens is 1. The summed E-state index contributed by atoms with van der Waals surface area (Å²) in [5, 5.41) is 4.22. The monoisotopic (exact) mass is 407 g/mol. The Morgan fingerprint density at radius 3 is 2.48 bits per heavy atom. The average molecular weight is 408 g/mol. The van der Waals surface area contributed by atoms with Crippen molar-refractivity contribution < 1.29 is 14.3 Å². The minimum atomic E-state index is -0.318. The minimum absolute atomic E-state index is 0.0919. The first-order valence-electron chi connectivity index (χ1n) is 8.07. The van der Waals surface area contributed by atoms with Crippen molar-refractivity contribution in [3.8, 4) is 5.69 Å². The molecule has 0 unspecified atom stereocenters. The van der Waals surface area contributed by atoms with Crippen LogP contribution in [0.25, 0.3) is 5.69 Å². The molecular weight excluding hydrogens is 386 g/mol. The molecule has 1 heterocycles. The number of nitrogens with zero attached hydrogens (tertiary/aromatic N) is 3. The van der Waals surface area contributed by atoms with Gasteiger partial charge in [0.2, 0.25) is 0 Å². The van der Waals surface area contributed by atoms with Crippen molar-refractivity contribution in [2.45, 2.75) is 20.3 Å². The van der Waals surface area contributed by atoms with Crippen LogP contribution in [0.2, 0.25) is 0 Å². The average Bonchev–Trinajstić information content (AvgIpc) is 3.04. The molecule has 0 bridgehead atoms. The summed E-state index contributed by atoms with van der Waals surface area (Å²) in [5.74, 6) is -0.103. The van der Waals surface area contributed by atoms with Crippen molar-refractivity contribution in [3.63, 3.8) is 0 Å². The molecule has 134 valence electrons. The fraction of sp³-hybridized carbons (Fsp3) is 0.389. The zero-order chi connectivity index (χ0) is 18.4. The van der Waals surface area contributed by atoms with Gasteiger partial charge in [-0.15, -0.1) is 0 Å². The number of ether oxygens (including phenoxy) is 1. The number of hydrogen-bond donors (Lipinski definition) is 0. The zero-order valence-electron chi connectivity index (χ0n) is 14.6. The van der Waals surface area contributed by atoms with Gasteiger partial charge in [0, 0.05) is 24.8 Å². The summed E-state index contributed by atoms with van der Waals surface area (Å²) in [7, 11) is 1.35. The highest BCUT2D eigenvalue weighted by atomic mass is 79.9. The normalized spacial score (nSPS) is 10.8. The van der Waals surface area contributed by atoms with E-state index in [9.17, 15) is 9.59 Å². The van der Waals surface area contributed by atoms with Gasteiger partial charge in [-0.1, -0.05) is 13.8 Å². The van der Waals surface area contributed by atoms with Crippen molar-refractivity contribution in [2.24, 2.45) is 5.92 Å². The Labute approximate surface area is 155 Å². The molecule has 25 heavy (non-hydrogen) atoms. The molecule has 0 radical (unpaired) electrons. The second-order valence-electron chi connectivity index (χ2n) is 6.12. The van der Waals surface area contributed by atoms with Gasteiger partial charge in [0.1, 0.15) is 0 Å². The fourth-order valence-corrected chi connectivity index (χ4v) is 2.71. The molecule has 0 atom stereocenters. The molecule has 6 nitrogen and oxygen atoms in total. The number of esters is 1. The van der Waals surface area contributed by atoms with Crippen LogP contribution < -0.4 is 0 Å². The van der Waals surface area contributed by atoms with Crippen LogP contribution in [0.5, 0.6) is 0 Å². The third-order valence-electron chi connectivity index (χ3n) is 3.62. The summed E-state index contributed by atoms with van der Waals surface area (Å²) < 4.78 is 7.28. The Morgan fingerprint density at radius 1 is 1.28 bits per heavy atom. The highest BCUT2D eigenvalue weighted by Gasteiger charge is 2.18. The molecule has 1 aromatic carbocycles. The van der Waals surface area contributed by atoms with E-state index in [1.165, 1.54) is 7.11 Å². The van der Waals surface area contributed by atoms with E-state index in [2.05, 4.69) is 25.8 Å². The Kier molecular flexibility index (Phi) is 6.75. The van der Waals surface area contributed by atoms with Crippen LogP contribution in [0, 0.1) is 5.92 Å². The third-order valence-corrected chi connectivity index (χ3v) is 4.03. The lowest BCUT2D eigenvalue weighted by molar-refractivity contribution is -0.140. The lowest BCUT2D eigenvalue weighted by Crippen LogP contribution is -2.36.